The van der Waals surface area contributed by atoms with Crippen LogP contribution >= 0.6 is 0 Å². The van der Waals surface area contributed by atoms with Crippen molar-refractivity contribution in [2.75, 3.05) is 19.6 Å². The van der Waals surface area contributed by atoms with Crippen LogP contribution in [0.4, 0.5) is 0 Å². The fourth-order valence-corrected chi connectivity index (χ4v) is 1.92. The van der Waals surface area contributed by atoms with Crippen LogP contribution in [0.5, 0.6) is 0 Å². The van der Waals surface area contributed by atoms with Crippen LogP contribution in [-0.4, -0.2) is 35.7 Å². The maximum Gasteiger partial charge on any atom is 0.226 e. The fourth-order valence-electron chi connectivity index (χ4n) is 1.92. The number of hydrogen-bond donors (Lipinski definition) is 2. The molecule has 0 saturated heterocycles. The van der Waals surface area contributed by atoms with Gasteiger partial charge in [0.2, 0.25) is 5.89 Å². The van der Waals surface area contributed by atoms with Gasteiger partial charge in [-0.05, 0) is 39.0 Å². The van der Waals surface area contributed by atoms with E-state index in [0.29, 0.717) is 11.7 Å². The molecule has 1 rings (SSSR count). The third kappa shape index (κ3) is 8.32. The molecule has 0 unspecified atom stereocenters. The van der Waals surface area contributed by atoms with E-state index in [-0.39, 0.29) is 0 Å². The van der Waals surface area contributed by atoms with Crippen molar-refractivity contribution in [1.82, 2.24) is 20.8 Å². The highest BCUT2D eigenvalue weighted by molar-refractivity contribution is 5.79. The molecule has 2 N–H and O–H groups in total. The van der Waals surface area contributed by atoms with Crippen molar-refractivity contribution in [1.29, 1.82) is 0 Å². The lowest BCUT2D eigenvalue weighted by atomic mass is 10.1. The third-order valence-electron chi connectivity index (χ3n) is 2.98. The molecule has 0 aliphatic heterocycles. The predicted molar refractivity (Wildman–Crippen MR) is 85.4 cm³/mol. The summed E-state index contributed by atoms with van der Waals surface area (Å²) in [7, 11) is 0. The molecule has 6 heteroatoms. The molecule has 1 heterocycles. The first-order valence-corrected chi connectivity index (χ1v) is 7.93. The molecular formula is C15H29N5O. The number of guanidine groups is 1. The Hall–Kier alpha value is -1.59. The van der Waals surface area contributed by atoms with Crippen LogP contribution in [0, 0.1) is 12.8 Å². The second kappa shape index (κ2) is 10.2. The van der Waals surface area contributed by atoms with Crippen LogP contribution in [-0.2, 0) is 6.42 Å². The minimum atomic E-state index is 0.689. The summed E-state index contributed by atoms with van der Waals surface area (Å²) in [6.07, 6.45) is 4.09. The molecule has 120 valence electrons. The molecule has 0 fully saturated rings. The van der Waals surface area contributed by atoms with Gasteiger partial charge in [-0.15, -0.1) is 0 Å². The summed E-state index contributed by atoms with van der Waals surface area (Å²) in [6, 6.07) is 0. The SMILES string of the molecule is CCNC(=NCCCc1nc(C)no1)NCCCC(C)C. The van der Waals surface area contributed by atoms with Gasteiger partial charge in [-0.2, -0.15) is 4.98 Å². The summed E-state index contributed by atoms with van der Waals surface area (Å²) in [4.78, 5) is 8.74. The first-order chi connectivity index (χ1) is 10.1. The Morgan fingerprint density at radius 2 is 2.10 bits per heavy atom. The van der Waals surface area contributed by atoms with Gasteiger partial charge in [0.25, 0.3) is 0 Å². The number of nitrogens with zero attached hydrogens (tertiary/aromatic N) is 3. The summed E-state index contributed by atoms with van der Waals surface area (Å²) >= 11 is 0. The van der Waals surface area contributed by atoms with Crippen molar-refractivity contribution in [3.63, 3.8) is 0 Å². The van der Waals surface area contributed by atoms with Crippen LogP contribution in [0.15, 0.2) is 9.52 Å². The summed E-state index contributed by atoms with van der Waals surface area (Å²) in [5.74, 6) is 3.03. The number of rotatable bonds is 9. The largest absolute Gasteiger partial charge is 0.357 e. The van der Waals surface area contributed by atoms with E-state index >= 15 is 0 Å². The lowest BCUT2D eigenvalue weighted by Crippen LogP contribution is -2.38. The van der Waals surface area contributed by atoms with Crippen LogP contribution in [0.2, 0.25) is 0 Å². The molecule has 0 amide bonds. The van der Waals surface area contributed by atoms with Gasteiger partial charge in [-0.3, -0.25) is 4.99 Å². The van der Waals surface area contributed by atoms with Gasteiger partial charge in [-0.1, -0.05) is 19.0 Å². The Kier molecular flexibility index (Phi) is 8.47. The summed E-state index contributed by atoms with van der Waals surface area (Å²) in [5.41, 5.74) is 0. The molecule has 1 aromatic rings. The Bertz CT molecular complexity index is 414. The number of nitrogens with one attached hydrogen (secondary N) is 2. The predicted octanol–water partition coefficient (Wildman–Crippen LogP) is 2.30. The van der Waals surface area contributed by atoms with E-state index in [4.69, 9.17) is 4.52 Å². The Balaban J connectivity index is 2.23. The van der Waals surface area contributed by atoms with Gasteiger partial charge in [0, 0.05) is 26.1 Å². The highest BCUT2D eigenvalue weighted by Gasteiger charge is 2.02. The number of hydrogen-bond acceptors (Lipinski definition) is 4. The van der Waals surface area contributed by atoms with Crippen molar-refractivity contribution in [3.05, 3.63) is 11.7 Å². The monoisotopic (exact) mass is 295 g/mol. The van der Waals surface area contributed by atoms with Gasteiger partial charge in [-0.25, -0.2) is 0 Å². The second-order valence-electron chi connectivity index (χ2n) is 5.56. The zero-order valence-corrected chi connectivity index (χ0v) is 13.8. The Morgan fingerprint density at radius 1 is 1.29 bits per heavy atom. The molecule has 0 bridgehead atoms. The molecule has 0 spiro atoms. The molecule has 0 atom stereocenters. The van der Waals surface area contributed by atoms with Crippen LogP contribution in [0.25, 0.3) is 0 Å². The Morgan fingerprint density at radius 3 is 2.71 bits per heavy atom. The van der Waals surface area contributed by atoms with Gasteiger partial charge >= 0.3 is 0 Å². The van der Waals surface area contributed by atoms with Gasteiger partial charge in [0.05, 0.1) is 0 Å². The van der Waals surface area contributed by atoms with E-state index in [1.54, 1.807) is 0 Å². The van der Waals surface area contributed by atoms with Crippen molar-refractivity contribution in [2.24, 2.45) is 10.9 Å². The van der Waals surface area contributed by atoms with E-state index in [2.05, 4.69) is 46.5 Å². The topological polar surface area (TPSA) is 75.3 Å². The highest BCUT2D eigenvalue weighted by Crippen LogP contribution is 2.02. The first kappa shape index (κ1) is 17.5. The van der Waals surface area contributed by atoms with Crippen molar-refractivity contribution < 1.29 is 4.52 Å². The lowest BCUT2D eigenvalue weighted by molar-refractivity contribution is 0.372. The summed E-state index contributed by atoms with van der Waals surface area (Å²) < 4.78 is 5.08. The van der Waals surface area contributed by atoms with Crippen LogP contribution in [0.1, 0.15) is 51.7 Å². The number of aryl methyl sites for hydroxylation is 2. The van der Waals surface area contributed by atoms with Crippen molar-refractivity contribution in [2.45, 2.75) is 53.4 Å². The maximum atomic E-state index is 5.08. The van der Waals surface area contributed by atoms with E-state index in [1.807, 2.05) is 6.92 Å². The van der Waals surface area contributed by atoms with Gasteiger partial charge in [0.15, 0.2) is 11.8 Å². The maximum absolute atomic E-state index is 5.08. The van der Waals surface area contributed by atoms with Crippen LogP contribution < -0.4 is 10.6 Å². The smallest absolute Gasteiger partial charge is 0.226 e. The second-order valence-corrected chi connectivity index (χ2v) is 5.56. The lowest BCUT2D eigenvalue weighted by Gasteiger charge is -2.11. The van der Waals surface area contributed by atoms with E-state index < -0.39 is 0 Å². The van der Waals surface area contributed by atoms with E-state index in [9.17, 15) is 0 Å². The minimum absolute atomic E-state index is 0.689. The average Bonchev–Trinajstić information content (AvgIpc) is 2.85. The molecule has 21 heavy (non-hydrogen) atoms. The molecule has 0 saturated carbocycles. The average molecular weight is 295 g/mol. The number of aliphatic imine (C=N–C) groups is 1. The third-order valence-corrected chi connectivity index (χ3v) is 2.98. The quantitative estimate of drug-likeness (QED) is 0.415. The minimum Gasteiger partial charge on any atom is -0.357 e. The van der Waals surface area contributed by atoms with E-state index in [1.165, 1.54) is 12.8 Å². The summed E-state index contributed by atoms with van der Waals surface area (Å²) in [6.45, 7) is 11.0. The summed E-state index contributed by atoms with van der Waals surface area (Å²) in [5, 5.41) is 10.4. The molecule has 0 radical (unpaired) electrons. The zero-order chi connectivity index (χ0) is 15.5. The van der Waals surface area contributed by atoms with Gasteiger partial charge in [0.1, 0.15) is 0 Å². The standard InChI is InChI=1S/C15H29N5O/c1-5-16-15(17-10-6-8-12(2)3)18-11-7-9-14-19-13(4)20-21-14/h12H,5-11H2,1-4H3,(H2,16,17,18). The molecule has 0 aliphatic carbocycles. The van der Waals surface area contributed by atoms with Gasteiger partial charge < -0.3 is 15.2 Å². The van der Waals surface area contributed by atoms with Crippen molar-refractivity contribution in [3.8, 4) is 0 Å². The fraction of sp³-hybridized carbons (Fsp3) is 0.800. The Labute approximate surface area is 127 Å². The molecule has 0 aliphatic rings. The molecule has 0 aromatic carbocycles. The number of aromatic nitrogens is 2. The molecule has 1 aromatic heterocycles. The highest BCUT2D eigenvalue weighted by atomic mass is 16.5. The first-order valence-electron chi connectivity index (χ1n) is 7.93. The van der Waals surface area contributed by atoms with E-state index in [0.717, 1.165) is 44.4 Å². The molecular weight excluding hydrogens is 266 g/mol. The van der Waals surface area contributed by atoms with Crippen molar-refractivity contribution >= 4 is 5.96 Å². The zero-order valence-electron chi connectivity index (χ0n) is 13.8. The normalized spacial score (nSPS) is 12.0. The molecule has 6 nitrogen and oxygen atoms in total. The van der Waals surface area contributed by atoms with Crippen LogP contribution in [0.3, 0.4) is 0 Å².